The number of rotatable bonds is 5. The van der Waals surface area contributed by atoms with Crippen molar-refractivity contribution in [3.05, 3.63) is 19.0 Å². The van der Waals surface area contributed by atoms with Crippen LogP contribution in [-0.4, -0.2) is 73.0 Å². The Morgan fingerprint density at radius 3 is 2.37 bits per heavy atom. The highest BCUT2D eigenvalue weighted by atomic mass is 79.9. The number of hydrogen-bond acceptors (Lipinski definition) is 5. The molecule has 0 radical (unpaired) electrons. The van der Waals surface area contributed by atoms with Crippen LogP contribution < -0.4 is 9.47 Å². The molecule has 1 atom stereocenters. The van der Waals surface area contributed by atoms with Gasteiger partial charge in [-0.2, -0.15) is 0 Å². The van der Waals surface area contributed by atoms with Crippen molar-refractivity contribution in [1.29, 1.82) is 0 Å². The highest BCUT2D eigenvalue weighted by Crippen LogP contribution is 2.53. The van der Waals surface area contributed by atoms with Gasteiger partial charge in [-0.05, 0) is 68.7 Å². The van der Waals surface area contributed by atoms with Crippen LogP contribution in [0.25, 0.3) is 0 Å². The highest BCUT2D eigenvalue weighted by Gasteiger charge is 2.37. The van der Waals surface area contributed by atoms with Gasteiger partial charge in [0.05, 0.1) is 8.95 Å². The smallest absolute Gasteiger partial charge is 0.177 e. The molecule has 0 saturated carbocycles. The van der Waals surface area contributed by atoms with Crippen LogP contribution in [0, 0.1) is 0 Å². The zero-order chi connectivity index (χ0) is 19.1. The van der Waals surface area contributed by atoms with Gasteiger partial charge in [0.25, 0.3) is 0 Å². The molecule has 0 amide bonds. The van der Waals surface area contributed by atoms with Crippen LogP contribution in [0.5, 0.6) is 11.5 Å². The molecule has 0 aliphatic carbocycles. The highest BCUT2D eigenvalue weighted by molar-refractivity contribution is 9.14. The Hall–Kier alpha value is 0.430. The fraction of sp³-hybridized carbons (Fsp3) is 0.667. The van der Waals surface area contributed by atoms with E-state index in [0.717, 1.165) is 57.3 Å². The average molecular weight is 594 g/mol. The first kappa shape index (κ1) is 23.7. The maximum atomic E-state index is 10.4. The molecule has 5 nitrogen and oxygen atoms in total. The predicted molar refractivity (Wildman–Crippen MR) is 121 cm³/mol. The van der Waals surface area contributed by atoms with Crippen LogP contribution in [-0.2, 0) is 6.42 Å². The number of aliphatic hydroxyl groups is 1. The minimum atomic E-state index is -0.544. The van der Waals surface area contributed by atoms with E-state index in [9.17, 15) is 5.11 Å². The number of ether oxygens (including phenoxy) is 2. The lowest BCUT2D eigenvalue weighted by Gasteiger charge is -2.33. The molecule has 27 heavy (non-hydrogen) atoms. The third kappa shape index (κ3) is 5.53. The van der Waals surface area contributed by atoms with Gasteiger partial charge < -0.3 is 19.5 Å². The molecule has 1 fully saturated rings. The number of halogens is 4. The van der Waals surface area contributed by atoms with Crippen LogP contribution in [0.1, 0.15) is 19.4 Å². The summed E-state index contributed by atoms with van der Waals surface area (Å²) in [7, 11) is 2.13. The molecular weight excluding hydrogens is 567 g/mol. The Labute approximate surface area is 192 Å². The Balaban J connectivity index is 0.00000261. The van der Waals surface area contributed by atoms with Crippen LogP contribution in [0.3, 0.4) is 0 Å². The molecule has 0 bridgehead atoms. The van der Waals surface area contributed by atoms with E-state index in [4.69, 9.17) is 9.47 Å². The summed E-state index contributed by atoms with van der Waals surface area (Å²) in [5.41, 5.74) is 0.815. The van der Waals surface area contributed by atoms with Crippen molar-refractivity contribution in [2.24, 2.45) is 0 Å². The lowest BCUT2D eigenvalue weighted by atomic mass is 10.0. The van der Waals surface area contributed by atoms with E-state index < -0.39 is 6.10 Å². The van der Waals surface area contributed by atoms with E-state index >= 15 is 0 Å². The summed E-state index contributed by atoms with van der Waals surface area (Å²) < 4.78 is 14.8. The first-order valence-electron chi connectivity index (χ1n) is 8.78. The lowest BCUT2D eigenvalue weighted by molar-refractivity contribution is 0.0483. The Morgan fingerprint density at radius 2 is 1.74 bits per heavy atom. The van der Waals surface area contributed by atoms with Crippen molar-refractivity contribution in [2.45, 2.75) is 32.0 Å². The van der Waals surface area contributed by atoms with Crippen LogP contribution >= 0.6 is 60.2 Å². The molecule has 154 valence electrons. The average Bonchev–Trinajstić information content (AvgIpc) is 2.90. The molecule has 1 aromatic carbocycles. The first-order valence-corrected chi connectivity index (χ1v) is 11.2. The van der Waals surface area contributed by atoms with Gasteiger partial charge in [-0.25, -0.2) is 0 Å². The van der Waals surface area contributed by atoms with Gasteiger partial charge in [-0.15, -0.1) is 12.4 Å². The molecule has 1 unspecified atom stereocenters. The molecule has 1 aromatic rings. The van der Waals surface area contributed by atoms with E-state index in [1.807, 2.05) is 0 Å². The number of likely N-dealkylation sites (N-methyl/N-ethyl adjacent to an activating group) is 1. The Bertz CT molecular complexity index is 683. The van der Waals surface area contributed by atoms with Gasteiger partial charge >= 0.3 is 0 Å². The maximum Gasteiger partial charge on any atom is 0.177 e. The summed E-state index contributed by atoms with van der Waals surface area (Å²) in [4.78, 5) is 4.59. The summed E-state index contributed by atoms with van der Waals surface area (Å²) in [5, 5.41) is 10.4. The molecule has 1 N–H and O–H groups in total. The first-order chi connectivity index (χ1) is 12.2. The normalized spacial score (nSPS) is 20.6. The zero-order valence-corrected chi connectivity index (χ0v) is 21.3. The standard InChI is InChI=1S/C18H25Br3N2O3.ClH/c1-18(2)8-12-13(19)14(20)15(21)17(16(12)26-18)25-10-11(24)9-23-6-4-22(3)5-7-23;/h11,24H,4-10H2,1-3H3;1H. The van der Waals surface area contributed by atoms with E-state index in [1.54, 1.807) is 0 Å². The van der Waals surface area contributed by atoms with Crippen molar-refractivity contribution in [3.63, 3.8) is 0 Å². The van der Waals surface area contributed by atoms with Gasteiger partial charge in [0.2, 0.25) is 0 Å². The number of hydrogen-bond donors (Lipinski definition) is 1. The van der Waals surface area contributed by atoms with Crippen LogP contribution in [0.15, 0.2) is 13.4 Å². The molecule has 0 spiro atoms. The summed E-state index contributed by atoms with van der Waals surface area (Å²) in [6, 6.07) is 0. The van der Waals surface area contributed by atoms with Gasteiger partial charge in [-0.1, -0.05) is 0 Å². The second-order valence-corrected chi connectivity index (χ2v) is 10.1. The van der Waals surface area contributed by atoms with Crippen molar-refractivity contribution in [1.82, 2.24) is 9.80 Å². The Morgan fingerprint density at radius 1 is 1.11 bits per heavy atom. The molecule has 2 heterocycles. The maximum absolute atomic E-state index is 10.4. The van der Waals surface area contributed by atoms with E-state index in [-0.39, 0.29) is 24.6 Å². The van der Waals surface area contributed by atoms with Crippen molar-refractivity contribution < 1.29 is 14.6 Å². The van der Waals surface area contributed by atoms with Crippen molar-refractivity contribution in [3.8, 4) is 11.5 Å². The number of fused-ring (bicyclic) bond motifs is 1. The van der Waals surface area contributed by atoms with Crippen LogP contribution in [0.2, 0.25) is 0 Å². The van der Waals surface area contributed by atoms with Crippen molar-refractivity contribution >= 4 is 60.2 Å². The second kappa shape index (κ2) is 9.49. The molecule has 2 aliphatic heterocycles. The molecule has 9 heteroatoms. The van der Waals surface area contributed by atoms with E-state index in [1.165, 1.54) is 0 Å². The van der Waals surface area contributed by atoms with E-state index in [0.29, 0.717) is 12.3 Å². The minimum absolute atomic E-state index is 0. The number of piperazine rings is 1. The summed E-state index contributed by atoms with van der Waals surface area (Å²) in [6.45, 7) is 9.01. The second-order valence-electron chi connectivity index (χ2n) is 7.69. The lowest BCUT2D eigenvalue weighted by Crippen LogP contribution is -2.47. The number of nitrogens with zero attached hydrogens (tertiary/aromatic N) is 2. The minimum Gasteiger partial charge on any atom is -0.486 e. The van der Waals surface area contributed by atoms with Crippen molar-refractivity contribution in [2.75, 3.05) is 46.4 Å². The zero-order valence-electron chi connectivity index (χ0n) is 15.7. The van der Waals surface area contributed by atoms with E-state index in [2.05, 4.69) is 78.5 Å². The third-order valence-electron chi connectivity index (χ3n) is 4.80. The van der Waals surface area contributed by atoms with Gasteiger partial charge in [0, 0.05) is 49.2 Å². The number of β-amino-alcohol motifs (C(OH)–C–C–N with tert-alkyl or cyclic N) is 1. The van der Waals surface area contributed by atoms with Gasteiger partial charge in [-0.3, -0.25) is 4.90 Å². The summed E-state index contributed by atoms with van der Waals surface area (Å²) in [5.74, 6) is 1.40. The van der Waals surface area contributed by atoms with Gasteiger partial charge in [0.1, 0.15) is 18.3 Å². The molecule has 2 aliphatic rings. The summed E-state index contributed by atoms with van der Waals surface area (Å²) in [6.07, 6.45) is 0.257. The number of aliphatic hydroxyl groups excluding tert-OH is 1. The third-order valence-corrected chi connectivity index (χ3v) is 8.28. The monoisotopic (exact) mass is 590 g/mol. The van der Waals surface area contributed by atoms with Gasteiger partial charge in [0.15, 0.2) is 11.5 Å². The fourth-order valence-electron chi connectivity index (χ4n) is 3.36. The quantitative estimate of drug-likeness (QED) is 0.522. The molecular formula is C18H26Br3ClN2O3. The SMILES string of the molecule is CN1CCN(CC(O)COc2c(Br)c(Br)c(Br)c3c2OC(C)(C)C3)CC1.Cl. The fourth-order valence-corrected chi connectivity index (χ4v) is 5.06. The van der Waals surface area contributed by atoms with Crippen LogP contribution in [0.4, 0.5) is 0 Å². The topological polar surface area (TPSA) is 45.2 Å². The molecule has 1 saturated heterocycles. The summed E-state index contributed by atoms with van der Waals surface area (Å²) >= 11 is 10.9. The molecule has 3 rings (SSSR count). The molecule has 0 aromatic heterocycles. The predicted octanol–water partition coefficient (Wildman–Crippen LogP) is 4.10. The Kier molecular flexibility index (Phi) is 8.34. The largest absolute Gasteiger partial charge is 0.486 e. The number of benzene rings is 1.